The molecule has 2 aliphatic heterocycles. The van der Waals surface area contributed by atoms with Gasteiger partial charge in [-0.1, -0.05) is 43.2 Å². The SMILES string of the molecule is CCN(CC1CCN(Cc2ccccc2)C1)C(=O)C1CC2CCCCC2N1.Cl.Cl. The molecule has 1 aromatic rings. The number of nitrogens with zero attached hydrogens (tertiary/aromatic N) is 2. The smallest absolute Gasteiger partial charge is 0.239 e. The van der Waals surface area contributed by atoms with Gasteiger partial charge in [-0.3, -0.25) is 9.69 Å². The molecule has 1 aliphatic carbocycles. The van der Waals surface area contributed by atoms with Gasteiger partial charge in [0.25, 0.3) is 0 Å². The summed E-state index contributed by atoms with van der Waals surface area (Å²) in [5.41, 5.74) is 1.39. The van der Waals surface area contributed by atoms with Crippen molar-refractivity contribution in [3.63, 3.8) is 0 Å². The maximum absolute atomic E-state index is 13.1. The first kappa shape index (κ1) is 24.5. The summed E-state index contributed by atoms with van der Waals surface area (Å²) in [5.74, 6) is 1.70. The van der Waals surface area contributed by atoms with E-state index >= 15 is 0 Å². The van der Waals surface area contributed by atoms with Gasteiger partial charge in [0, 0.05) is 32.2 Å². The molecule has 6 heteroatoms. The second-order valence-electron chi connectivity index (χ2n) is 8.86. The number of hydrogen-bond donors (Lipinski definition) is 1. The van der Waals surface area contributed by atoms with Crippen LogP contribution in [0.3, 0.4) is 0 Å². The van der Waals surface area contributed by atoms with Crippen molar-refractivity contribution in [2.45, 2.75) is 64.1 Å². The molecular weight excluding hydrogens is 405 g/mol. The third-order valence-electron chi connectivity index (χ3n) is 6.95. The normalized spacial score (nSPS) is 28.9. The van der Waals surface area contributed by atoms with Gasteiger partial charge >= 0.3 is 0 Å². The Balaban J connectivity index is 0.00000150. The molecule has 3 fully saturated rings. The minimum atomic E-state index is 0. The van der Waals surface area contributed by atoms with Crippen LogP contribution in [-0.2, 0) is 11.3 Å². The number of nitrogens with one attached hydrogen (secondary N) is 1. The molecule has 3 aliphatic rings. The van der Waals surface area contributed by atoms with Gasteiger partial charge in [0.2, 0.25) is 5.91 Å². The Hall–Kier alpha value is -0.810. The number of carbonyl (C=O) groups is 1. The predicted molar refractivity (Wildman–Crippen MR) is 124 cm³/mol. The summed E-state index contributed by atoms with van der Waals surface area (Å²) in [5, 5.41) is 3.67. The third-order valence-corrected chi connectivity index (χ3v) is 6.95. The minimum absolute atomic E-state index is 0. The Bertz CT molecular complexity index is 616. The van der Waals surface area contributed by atoms with Crippen LogP contribution in [0.1, 0.15) is 51.0 Å². The average Bonchev–Trinajstić information content (AvgIpc) is 3.33. The summed E-state index contributed by atoms with van der Waals surface area (Å²) < 4.78 is 0. The van der Waals surface area contributed by atoms with Crippen molar-refractivity contribution in [2.24, 2.45) is 11.8 Å². The number of halogens is 2. The van der Waals surface area contributed by atoms with Crippen LogP contribution in [0.2, 0.25) is 0 Å². The molecule has 2 saturated heterocycles. The number of likely N-dealkylation sites (N-methyl/N-ethyl adjacent to an activating group) is 1. The van der Waals surface area contributed by atoms with Gasteiger partial charge in [0.15, 0.2) is 0 Å². The van der Waals surface area contributed by atoms with Crippen molar-refractivity contribution in [1.82, 2.24) is 15.1 Å². The van der Waals surface area contributed by atoms with Crippen molar-refractivity contribution in [1.29, 1.82) is 0 Å². The van der Waals surface area contributed by atoms with E-state index in [0.717, 1.165) is 45.1 Å². The Kier molecular flexibility index (Phi) is 9.74. The third kappa shape index (κ3) is 6.10. The lowest BCUT2D eigenvalue weighted by atomic mass is 9.85. The van der Waals surface area contributed by atoms with Crippen LogP contribution in [0, 0.1) is 11.8 Å². The molecule has 4 rings (SSSR count). The molecule has 1 N–H and O–H groups in total. The molecule has 0 bridgehead atoms. The number of carbonyl (C=O) groups excluding carboxylic acids is 1. The first-order chi connectivity index (χ1) is 13.2. The van der Waals surface area contributed by atoms with Crippen molar-refractivity contribution >= 4 is 30.7 Å². The van der Waals surface area contributed by atoms with Gasteiger partial charge in [-0.15, -0.1) is 24.8 Å². The number of rotatable bonds is 6. The van der Waals surface area contributed by atoms with Crippen LogP contribution in [0.5, 0.6) is 0 Å². The molecule has 2 heterocycles. The minimum Gasteiger partial charge on any atom is -0.341 e. The first-order valence-corrected chi connectivity index (χ1v) is 11.0. The average molecular weight is 442 g/mol. The zero-order chi connectivity index (χ0) is 18.6. The number of amides is 1. The van der Waals surface area contributed by atoms with Crippen LogP contribution >= 0.6 is 24.8 Å². The van der Waals surface area contributed by atoms with E-state index in [1.165, 1.54) is 37.7 Å². The number of benzene rings is 1. The van der Waals surface area contributed by atoms with Crippen LogP contribution in [0.25, 0.3) is 0 Å². The Labute approximate surface area is 188 Å². The molecule has 4 unspecified atom stereocenters. The Morgan fingerprint density at radius 2 is 1.90 bits per heavy atom. The van der Waals surface area contributed by atoms with E-state index in [1.54, 1.807) is 0 Å². The summed E-state index contributed by atoms with van der Waals surface area (Å²) in [4.78, 5) is 17.8. The highest BCUT2D eigenvalue weighted by molar-refractivity contribution is 5.85. The van der Waals surface area contributed by atoms with Gasteiger partial charge in [0.1, 0.15) is 0 Å². The Morgan fingerprint density at radius 1 is 1.14 bits per heavy atom. The van der Waals surface area contributed by atoms with Crippen LogP contribution in [0.4, 0.5) is 0 Å². The maximum Gasteiger partial charge on any atom is 0.239 e. The summed E-state index contributed by atoms with van der Waals surface area (Å²) in [6.45, 7) is 7.19. The van der Waals surface area contributed by atoms with E-state index in [4.69, 9.17) is 0 Å². The second kappa shape index (κ2) is 11.5. The molecule has 0 spiro atoms. The monoisotopic (exact) mass is 441 g/mol. The molecule has 4 atom stereocenters. The van der Waals surface area contributed by atoms with E-state index in [-0.39, 0.29) is 30.9 Å². The zero-order valence-corrected chi connectivity index (χ0v) is 19.2. The molecule has 0 aromatic heterocycles. The van der Waals surface area contributed by atoms with Crippen molar-refractivity contribution < 1.29 is 4.79 Å². The number of likely N-dealkylation sites (tertiary alicyclic amines) is 1. The van der Waals surface area contributed by atoms with Gasteiger partial charge in [0.05, 0.1) is 6.04 Å². The quantitative estimate of drug-likeness (QED) is 0.720. The summed E-state index contributed by atoms with van der Waals surface area (Å²) in [6, 6.07) is 11.4. The highest BCUT2D eigenvalue weighted by Gasteiger charge is 2.40. The lowest BCUT2D eigenvalue weighted by Crippen LogP contribution is -2.47. The van der Waals surface area contributed by atoms with Crippen LogP contribution in [0.15, 0.2) is 30.3 Å². The second-order valence-corrected chi connectivity index (χ2v) is 8.86. The summed E-state index contributed by atoms with van der Waals surface area (Å²) in [7, 11) is 0. The molecular formula is C23H37Cl2N3O. The molecule has 0 radical (unpaired) electrons. The Morgan fingerprint density at radius 3 is 2.62 bits per heavy atom. The zero-order valence-electron chi connectivity index (χ0n) is 17.6. The summed E-state index contributed by atoms with van der Waals surface area (Å²) >= 11 is 0. The highest BCUT2D eigenvalue weighted by atomic mass is 35.5. The summed E-state index contributed by atoms with van der Waals surface area (Å²) in [6.07, 6.45) is 7.51. The fourth-order valence-corrected chi connectivity index (χ4v) is 5.46. The van der Waals surface area contributed by atoms with Crippen molar-refractivity contribution in [3.05, 3.63) is 35.9 Å². The fourth-order valence-electron chi connectivity index (χ4n) is 5.46. The van der Waals surface area contributed by atoms with Crippen LogP contribution < -0.4 is 5.32 Å². The molecule has 29 heavy (non-hydrogen) atoms. The van der Waals surface area contributed by atoms with Gasteiger partial charge < -0.3 is 10.2 Å². The van der Waals surface area contributed by atoms with Gasteiger partial charge in [-0.2, -0.15) is 0 Å². The van der Waals surface area contributed by atoms with Crippen LogP contribution in [-0.4, -0.2) is 54.0 Å². The maximum atomic E-state index is 13.1. The fraction of sp³-hybridized carbons (Fsp3) is 0.696. The number of fused-ring (bicyclic) bond motifs is 1. The molecule has 1 amide bonds. The molecule has 164 valence electrons. The first-order valence-electron chi connectivity index (χ1n) is 11.0. The highest BCUT2D eigenvalue weighted by Crippen LogP contribution is 2.34. The van der Waals surface area contributed by atoms with Crippen molar-refractivity contribution in [2.75, 3.05) is 26.2 Å². The van der Waals surface area contributed by atoms with E-state index in [2.05, 4.69) is 52.4 Å². The standard InChI is InChI=1S/C23H35N3O.2ClH/c1-2-26(23(27)22-14-20-10-6-7-11-21(20)24-22)17-19-12-13-25(16-19)15-18-8-4-3-5-9-18;;/h3-5,8-9,19-22,24H,2,6-7,10-17H2,1H3;2*1H. The lowest BCUT2D eigenvalue weighted by Gasteiger charge is -2.27. The van der Waals surface area contributed by atoms with E-state index < -0.39 is 0 Å². The van der Waals surface area contributed by atoms with E-state index in [0.29, 0.717) is 17.9 Å². The van der Waals surface area contributed by atoms with E-state index in [9.17, 15) is 4.79 Å². The molecule has 1 aromatic carbocycles. The lowest BCUT2D eigenvalue weighted by molar-refractivity contribution is -0.133. The van der Waals surface area contributed by atoms with Gasteiger partial charge in [-0.25, -0.2) is 0 Å². The topological polar surface area (TPSA) is 35.6 Å². The van der Waals surface area contributed by atoms with E-state index in [1.807, 2.05) is 0 Å². The molecule has 4 nitrogen and oxygen atoms in total. The largest absolute Gasteiger partial charge is 0.341 e. The molecule has 1 saturated carbocycles. The van der Waals surface area contributed by atoms with Gasteiger partial charge in [-0.05, 0) is 56.6 Å². The predicted octanol–water partition coefficient (Wildman–Crippen LogP) is 4.12. The van der Waals surface area contributed by atoms with Crippen molar-refractivity contribution in [3.8, 4) is 0 Å². The number of hydrogen-bond acceptors (Lipinski definition) is 3.